The first-order chi connectivity index (χ1) is 8.61. The molecule has 0 bridgehead atoms. The number of amides is 1. The highest BCUT2D eigenvalue weighted by atomic mass is 16.2. The summed E-state index contributed by atoms with van der Waals surface area (Å²) in [5.74, 6) is 5.09. The average molecular weight is 256 g/mol. The molecule has 0 aromatic rings. The fraction of sp³-hybridized carbons (Fsp3) is 0.923. The van der Waals surface area contributed by atoms with Crippen LogP contribution in [0.15, 0.2) is 0 Å². The molecule has 1 heterocycles. The molecule has 1 rings (SSSR count). The van der Waals surface area contributed by atoms with Crippen molar-refractivity contribution in [2.75, 3.05) is 19.6 Å². The Morgan fingerprint density at radius 2 is 2.06 bits per heavy atom. The molecule has 1 saturated heterocycles. The summed E-state index contributed by atoms with van der Waals surface area (Å²) in [5, 5.41) is 3.39. The molecule has 0 aromatic heterocycles. The van der Waals surface area contributed by atoms with Crippen molar-refractivity contribution in [3.05, 3.63) is 0 Å². The maximum absolute atomic E-state index is 11.7. The van der Waals surface area contributed by atoms with Gasteiger partial charge in [-0.05, 0) is 45.8 Å². The zero-order chi connectivity index (χ0) is 13.5. The largest absolute Gasteiger partial charge is 0.317 e. The standard InChI is InChI=1S/C13H28N4O/c1-4-9-17(12-5-7-15-8-6-12)11(3)10(2)13(18)16-14/h10-12,15H,4-9,14H2,1-3H3,(H,16,18). The van der Waals surface area contributed by atoms with Crippen LogP contribution in [0.25, 0.3) is 0 Å². The molecule has 0 saturated carbocycles. The summed E-state index contributed by atoms with van der Waals surface area (Å²) in [4.78, 5) is 14.2. The Bertz CT molecular complexity index is 253. The van der Waals surface area contributed by atoms with Crippen LogP contribution >= 0.6 is 0 Å². The topological polar surface area (TPSA) is 70.4 Å². The molecule has 0 aromatic carbocycles. The Labute approximate surface area is 110 Å². The lowest BCUT2D eigenvalue weighted by Gasteiger charge is -2.40. The van der Waals surface area contributed by atoms with Crippen molar-refractivity contribution in [2.45, 2.75) is 52.1 Å². The third-order valence-electron chi connectivity index (χ3n) is 4.06. The van der Waals surface area contributed by atoms with Gasteiger partial charge in [0.05, 0.1) is 5.92 Å². The van der Waals surface area contributed by atoms with E-state index in [1.54, 1.807) is 0 Å². The Morgan fingerprint density at radius 1 is 1.44 bits per heavy atom. The summed E-state index contributed by atoms with van der Waals surface area (Å²) in [6.45, 7) is 9.49. The lowest BCUT2D eigenvalue weighted by Crippen LogP contribution is -2.52. The molecule has 2 unspecified atom stereocenters. The number of piperidine rings is 1. The molecule has 1 fully saturated rings. The molecule has 0 radical (unpaired) electrons. The molecule has 5 heteroatoms. The second-order valence-electron chi connectivity index (χ2n) is 5.26. The molecule has 0 spiro atoms. The normalized spacial score (nSPS) is 20.7. The minimum Gasteiger partial charge on any atom is -0.317 e. The van der Waals surface area contributed by atoms with E-state index in [4.69, 9.17) is 5.84 Å². The molecule has 1 aliphatic heterocycles. The van der Waals surface area contributed by atoms with E-state index < -0.39 is 0 Å². The lowest BCUT2D eigenvalue weighted by molar-refractivity contribution is -0.127. The van der Waals surface area contributed by atoms with Gasteiger partial charge in [0, 0.05) is 12.1 Å². The maximum Gasteiger partial charge on any atom is 0.238 e. The van der Waals surface area contributed by atoms with Crippen molar-refractivity contribution in [1.29, 1.82) is 0 Å². The zero-order valence-corrected chi connectivity index (χ0v) is 11.9. The fourth-order valence-corrected chi connectivity index (χ4v) is 2.75. The van der Waals surface area contributed by atoms with Gasteiger partial charge in [0.2, 0.25) is 5.91 Å². The van der Waals surface area contributed by atoms with Gasteiger partial charge in [-0.25, -0.2) is 5.84 Å². The van der Waals surface area contributed by atoms with Gasteiger partial charge in [0.25, 0.3) is 0 Å². The van der Waals surface area contributed by atoms with Gasteiger partial charge in [-0.3, -0.25) is 15.1 Å². The molecule has 1 aliphatic rings. The maximum atomic E-state index is 11.7. The Balaban J connectivity index is 2.66. The van der Waals surface area contributed by atoms with Gasteiger partial charge in [0.15, 0.2) is 0 Å². The van der Waals surface area contributed by atoms with Crippen LogP contribution in [0.2, 0.25) is 0 Å². The highest BCUT2D eigenvalue weighted by Crippen LogP contribution is 2.20. The van der Waals surface area contributed by atoms with Crippen LogP contribution in [0.5, 0.6) is 0 Å². The highest BCUT2D eigenvalue weighted by Gasteiger charge is 2.30. The van der Waals surface area contributed by atoms with E-state index in [0.29, 0.717) is 6.04 Å². The van der Waals surface area contributed by atoms with Crippen LogP contribution in [-0.4, -0.2) is 42.5 Å². The predicted octanol–water partition coefficient (Wildman–Crippen LogP) is 0.465. The monoisotopic (exact) mass is 256 g/mol. The van der Waals surface area contributed by atoms with E-state index in [1.807, 2.05) is 6.92 Å². The molecule has 4 N–H and O–H groups in total. The van der Waals surface area contributed by atoms with Crippen molar-refractivity contribution < 1.29 is 4.79 Å². The number of hydrogen-bond donors (Lipinski definition) is 3. The Morgan fingerprint density at radius 3 is 2.56 bits per heavy atom. The number of hydrazine groups is 1. The third kappa shape index (κ3) is 3.93. The number of nitrogens with one attached hydrogen (secondary N) is 2. The number of carbonyl (C=O) groups is 1. The summed E-state index contributed by atoms with van der Waals surface area (Å²) in [6.07, 6.45) is 3.45. The van der Waals surface area contributed by atoms with Crippen molar-refractivity contribution in [3.8, 4) is 0 Å². The molecular weight excluding hydrogens is 228 g/mol. The number of hydrogen-bond acceptors (Lipinski definition) is 4. The van der Waals surface area contributed by atoms with E-state index in [-0.39, 0.29) is 17.9 Å². The second kappa shape index (κ2) is 7.71. The summed E-state index contributed by atoms with van der Waals surface area (Å²) >= 11 is 0. The van der Waals surface area contributed by atoms with E-state index in [0.717, 1.165) is 26.1 Å². The fourth-order valence-electron chi connectivity index (χ4n) is 2.75. The first-order valence-corrected chi connectivity index (χ1v) is 7.08. The van der Waals surface area contributed by atoms with Crippen LogP contribution < -0.4 is 16.6 Å². The van der Waals surface area contributed by atoms with Gasteiger partial charge in [-0.2, -0.15) is 0 Å². The van der Waals surface area contributed by atoms with E-state index in [1.165, 1.54) is 12.8 Å². The highest BCUT2D eigenvalue weighted by molar-refractivity contribution is 5.78. The summed E-state index contributed by atoms with van der Waals surface area (Å²) < 4.78 is 0. The van der Waals surface area contributed by atoms with Gasteiger partial charge in [0.1, 0.15) is 0 Å². The SMILES string of the molecule is CCCN(C1CCNCC1)C(C)C(C)C(=O)NN. The van der Waals surface area contributed by atoms with E-state index in [2.05, 4.69) is 29.5 Å². The first-order valence-electron chi connectivity index (χ1n) is 7.08. The average Bonchev–Trinajstić information content (AvgIpc) is 2.43. The van der Waals surface area contributed by atoms with Gasteiger partial charge in [-0.1, -0.05) is 13.8 Å². The molecule has 106 valence electrons. The number of carbonyl (C=O) groups excluding carboxylic acids is 1. The number of nitrogens with two attached hydrogens (primary N) is 1. The molecule has 0 aliphatic carbocycles. The quantitative estimate of drug-likeness (QED) is 0.367. The van der Waals surface area contributed by atoms with Gasteiger partial charge in [-0.15, -0.1) is 0 Å². The van der Waals surface area contributed by atoms with E-state index in [9.17, 15) is 4.79 Å². The molecule has 1 amide bonds. The van der Waals surface area contributed by atoms with E-state index >= 15 is 0 Å². The summed E-state index contributed by atoms with van der Waals surface area (Å²) in [6, 6.07) is 0.825. The summed E-state index contributed by atoms with van der Waals surface area (Å²) in [7, 11) is 0. The smallest absolute Gasteiger partial charge is 0.238 e. The van der Waals surface area contributed by atoms with Crippen molar-refractivity contribution >= 4 is 5.91 Å². The first kappa shape index (κ1) is 15.4. The molecule has 5 nitrogen and oxygen atoms in total. The molecule has 2 atom stereocenters. The predicted molar refractivity (Wildman–Crippen MR) is 73.8 cm³/mol. The second-order valence-corrected chi connectivity index (χ2v) is 5.26. The number of nitrogens with zero attached hydrogens (tertiary/aromatic N) is 1. The van der Waals surface area contributed by atoms with Crippen LogP contribution in [-0.2, 0) is 4.79 Å². The Hall–Kier alpha value is -0.650. The van der Waals surface area contributed by atoms with Crippen LogP contribution in [0.3, 0.4) is 0 Å². The zero-order valence-electron chi connectivity index (χ0n) is 11.9. The molecular formula is C13H28N4O. The lowest BCUT2D eigenvalue weighted by atomic mass is 9.96. The minimum absolute atomic E-state index is 0.0717. The van der Waals surface area contributed by atoms with Crippen LogP contribution in [0, 0.1) is 5.92 Å². The van der Waals surface area contributed by atoms with Crippen molar-refractivity contribution in [1.82, 2.24) is 15.6 Å². The van der Waals surface area contributed by atoms with Crippen LogP contribution in [0.1, 0.15) is 40.0 Å². The van der Waals surface area contributed by atoms with Gasteiger partial charge >= 0.3 is 0 Å². The van der Waals surface area contributed by atoms with Crippen LogP contribution in [0.4, 0.5) is 0 Å². The van der Waals surface area contributed by atoms with Gasteiger partial charge < -0.3 is 5.32 Å². The third-order valence-corrected chi connectivity index (χ3v) is 4.06. The molecule has 18 heavy (non-hydrogen) atoms. The minimum atomic E-state index is -0.0727. The van der Waals surface area contributed by atoms with Crippen molar-refractivity contribution in [2.24, 2.45) is 11.8 Å². The number of rotatable bonds is 6. The van der Waals surface area contributed by atoms with Crippen molar-refractivity contribution in [3.63, 3.8) is 0 Å². The Kier molecular flexibility index (Phi) is 6.60. The summed E-state index contributed by atoms with van der Waals surface area (Å²) in [5.41, 5.74) is 2.27.